The van der Waals surface area contributed by atoms with E-state index in [0.29, 0.717) is 4.48 Å². The molecule has 0 saturated heterocycles. The summed E-state index contributed by atoms with van der Waals surface area (Å²) in [6.45, 7) is 3.72. The number of carbonyl (C=O) groups is 1. The topological polar surface area (TPSA) is 26.3 Å². The van der Waals surface area contributed by atoms with E-state index in [1.165, 1.54) is 56.2 Å². The second-order valence-electron chi connectivity index (χ2n) is 9.13. The van der Waals surface area contributed by atoms with Crippen LogP contribution in [0.3, 0.4) is 0 Å². The van der Waals surface area contributed by atoms with Gasteiger partial charge in [0.25, 0.3) is 0 Å². The van der Waals surface area contributed by atoms with Crippen LogP contribution >= 0.6 is 0 Å². The van der Waals surface area contributed by atoms with Gasteiger partial charge in [0.15, 0.2) is 0 Å². The van der Waals surface area contributed by atoms with Gasteiger partial charge in [-0.15, -0.1) is 0 Å². The molecule has 4 bridgehead atoms. The molecule has 4 fully saturated rings. The van der Waals surface area contributed by atoms with E-state index >= 15 is 0 Å². The SMILES string of the molecule is CCOC1CC[N+](C=O)(C23CC4CC(CC(C4)C2)C3)c2ccccc21. The van der Waals surface area contributed by atoms with Gasteiger partial charge in [-0.1, -0.05) is 18.2 Å². The molecular formula is C22H30NO2+. The van der Waals surface area contributed by atoms with Crippen molar-refractivity contribution in [2.75, 3.05) is 13.2 Å². The first-order chi connectivity index (χ1) is 12.2. The fourth-order valence-corrected chi connectivity index (χ4v) is 7.36. The Morgan fingerprint density at radius 1 is 1.12 bits per heavy atom. The van der Waals surface area contributed by atoms with E-state index in [1.54, 1.807) is 0 Å². The van der Waals surface area contributed by atoms with Crippen molar-refractivity contribution >= 4 is 12.1 Å². The standard InChI is InChI=1S/C22H30NO2/c1-2-25-21-7-8-23(15-24,20-6-4-3-5-19(20)21)22-12-16-9-17(13-22)11-18(10-16)14-22/h3-6,15-18,21H,2,7-14H2,1H3/q+1. The summed E-state index contributed by atoms with van der Waals surface area (Å²) in [7, 11) is 0. The van der Waals surface area contributed by atoms with Gasteiger partial charge in [-0.25, -0.2) is 9.28 Å². The highest BCUT2D eigenvalue weighted by Crippen LogP contribution is 2.61. The summed E-state index contributed by atoms with van der Waals surface area (Å²) in [5.74, 6) is 2.58. The lowest BCUT2D eigenvalue weighted by Crippen LogP contribution is -2.72. The number of ether oxygens (including phenoxy) is 1. The Balaban J connectivity index is 1.63. The molecule has 3 nitrogen and oxygen atoms in total. The minimum Gasteiger partial charge on any atom is -0.373 e. The van der Waals surface area contributed by atoms with Crippen LogP contribution in [0.2, 0.25) is 0 Å². The van der Waals surface area contributed by atoms with Crippen LogP contribution in [0.15, 0.2) is 24.3 Å². The average molecular weight is 340 g/mol. The van der Waals surface area contributed by atoms with Crippen molar-refractivity contribution in [2.24, 2.45) is 17.8 Å². The Labute approximate surface area is 150 Å². The van der Waals surface area contributed by atoms with Crippen molar-refractivity contribution in [2.45, 2.75) is 63.5 Å². The summed E-state index contributed by atoms with van der Waals surface area (Å²) in [4.78, 5) is 12.8. The highest BCUT2D eigenvalue weighted by molar-refractivity contribution is 5.75. The van der Waals surface area contributed by atoms with E-state index in [-0.39, 0.29) is 11.6 Å². The summed E-state index contributed by atoms with van der Waals surface area (Å²) < 4.78 is 6.62. The molecule has 4 aliphatic carbocycles. The zero-order valence-corrected chi connectivity index (χ0v) is 15.3. The highest BCUT2D eigenvalue weighted by atomic mass is 16.5. The summed E-state index contributed by atoms with van der Waals surface area (Å²) >= 11 is 0. The Kier molecular flexibility index (Phi) is 3.62. The summed E-state index contributed by atoms with van der Waals surface area (Å²) in [5, 5.41) is 0. The summed E-state index contributed by atoms with van der Waals surface area (Å²) in [6.07, 6.45) is 10.5. The van der Waals surface area contributed by atoms with Gasteiger partial charge in [0, 0.05) is 43.9 Å². The molecule has 1 aliphatic heterocycles. The molecule has 6 rings (SSSR count). The third-order valence-corrected chi connectivity index (χ3v) is 7.86. The zero-order valence-electron chi connectivity index (χ0n) is 15.3. The monoisotopic (exact) mass is 340 g/mol. The molecule has 4 saturated carbocycles. The number of nitrogens with zero attached hydrogens (tertiary/aromatic N) is 1. The van der Waals surface area contributed by atoms with Crippen LogP contribution in [-0.2, 0) is 9.53 Å². The Bertz CT molecular complexity index is 649. The lowest BCUT2D eigenvalue weighted by Gasteiger charge is -2.62. The van der Waals surface area contributed by atoms with Crippen LogP contribution in [0.25, 0.3) is 0 Å². The number of benzene rings is 1. The predicted octanol–water partition coefficient (Wildman–Crippen LogP) is 4.60. The predicted molar refractivity (Wildman–Crippen MR) is 99.1 cm³/mol. The summed E-state index contributed by atoms with van der Waals surface area (Å²) in [5.41, 5.74) is 2.66. The number of rotatable bonds is 4. The molecule has 1 aromatic carbocycles. The molecular weight excluding hydrogens is 310 g/mol. The fourth-order valence-electron chi connectivity index (χ4n) is 7.36. The largest absolute Gasteiger partial charge is 0.373 e. The van der Waals surface area contributed by atoms with Gasteiger partial charge in [0.2, 0.25) is 0 Å². The van der Waals surface area contributed by atoms with E-state index in [1.807, 2.05) is 0 Å². The molecule has 25 heavy (non-hydrogen) atoms. The highest BCUT2D eigenvalue weighted by Gasteiger charge is 2.63. The summed E-state index contributed by atoms with van der Waals surface area (Å²) in [6, 6.07) is 8.64. The van der Waals surface area contributed by atoms with Crippen molar-refractivity contribution in [3.63, 3.8) is 0 Å². The number of para-hydroxylation sites is 1. The minimum atomic E-state index is 0.154. The second-order valence-corrected chi connectivity index (χ2v) is 9.13. The molecule has 2 unspecified atom stereocenters. The van der Waals surface area contributed by atoms with Gasteiger partial charge < -0.3 is 4.74 Å². The molecule has 1 aromatic rings. The molecule has 134 valence electrons. The van der Waals surface area contributed by atoms with Crippen molar-refractivity contribution in [1.29, 1.82) is 0 Å². The van der Waals surface area contributed by atoms with Gasteiger partial charge >= 0.3 is 6.41 Å². The third-order valence-electron chi connectivity index (χ3n) is 7.86. The van der Waals surface area contributed by atoms with E-state index in [9.17, 15) is 4.79 Å². The lowest BCUT2D eigenvalue weighted by atomic mass is 9.51. The Hall–Kier alpha value is -1.19. The number of amides is 1. The molecule has 0 radical (unpaired) electrons. The quantitative estimate of drug-likeness (QED) is 0.591. The maximum Gasteiger partial charge on any atom is 0.307 e. The van der Waals surface area contributed by atoms with Crippen molar-refractivity contribution in [3.8, 4) is 0 Å². The number of fused-ring (bicyclic) bond motifs is 1. The molecule has 0 N–H and O–H groups in total. The maximum absolute atomic E-state index is 12.8. The van der Waals surface area contributed by atoms with E-state index in [4.69, 9.17) is 4.74 Å². The molecule has 3 heteroatoms. The van der Waals surface area contributed by atoms with Crippen molar-refractivity contribution in [3.05, 3.63) is 29.8 Å². The maximum atomic E-state index is 12.8. The van der Waals surface area contributed by atoms with Crippen LogP contribution in [-0.4, -0.2) is 25.1 Å². The number of hydrogen-bond donors (Lipinski definition) is 0. The number of quaternary nitrogens is 1. The zero-order chi connectivity index (χ0) is 17.1. The van der Waals surface area contributed by atoms with E-state index < -0.39 is 0 Å². The van der Waals surface area contributed by atoms with Crippen molar-refractivity contribution in [1.82, 2.24) is 4.48 Å². The molecule has 0 aromatic heterocycles. The molecule has 1 amide bonds. The molecule has 0 spiro atoms. The van der Waals surface area contributed by atoms with Crippen LogP contribution in [0, 0.1) is 17.8 Å². The minimum absolute atomic E-state index is 0.154. The van der Waals surface area contributed by atoms with Crippen LogP contribution < -0.4 is 4.48 Å². The van der Waals surface area contributed by atoms with Crippen LogP contribution in [0.4, 0.5) is 5.69 Å². The van der Waals surface area contributed by atoms with Gasteiger partial charge in [-0.3, -0.25) is 0 Å². The normalized spacial score (nSPS) is 44.5. The van der Waals surface area contributed by atoms with Crippen molar-refractivity contribution < 1.29 is 9.53 Å². The van der Waals surface area contributed by atoms with E-state index in [2.05, 4.69) is 31.2 Å². The average Bonchev–Trinajstić information content (AvgIpc) is 2.61. The lowest BCUT2D eigenvalue weighted by molar-refractivity contribution is -0.138. The molecule has 2 atom stereocenters. The fraction of sp³-hybridized carbons (Fsp3) is 0.682. The smallest absolute Gasteiger partial charge is 0.307 e. The van der Waals surface area contributed by atoms with Crippen LogP contribution in [0.1, 0.15) is 63.5 Å². The third kappa shape index (κ3) is 2.15. The number of hydrogen-bond acceptors (Lipinski definition) is 2. The van der Waals surface area contributed by atoms with Crippen LogP contribution in [0.5, 0.6) is 0 Å². The van der Waals surface area contributed by atoms with Gasteiger partial charge in [0.1, 0.15) is 11.2 Å². The molecule has 1 heterocycles. The first kappa shape index (κ1) is 16.0. The van der Waals surface area contributed by atoms with Gasteiger partial charge in [0.05, 0.1) is 12.6 Å². The van der Waals surface area contributed by atoms with Gasteiger partial charge in [-0.05, 0) is 43.9 Å². The van der Waals surface area contributed by atoms with E-state index in [0.717, 1.165) is 37.3 Å². The van der Waals surface area contributed by atoms with Gasteiger partial charge in [-0.2, -0.15) is 0 Å². The Morgan fingerprint density at radius 3 is 2.36 bits per heavy atom. The first-order valence-corrected chi connectivity index (χ1v) is 10.2. The number of carbonyl (C=O) groups excluding carboxylic acids is 1. The Morgan fingerprint density at radius 2 is 1.76 bits per heavy atom. The second kappa shape index (κ2) is 5.65. The molecule has 5 aliphatic rings. The first-order valence-electron chi connectivity index (χ1n) is 10.2.